The minimum Gasteiger partial charge on any atom is -0.355 e. The largest absolute Gasteiger partial charge is 0.355 e. The molecule has 1 fully saturated rings. The molecule has 1 N–H and O–H groups in total. The molecule has 0 saturated carbocycles. The third kappa shape index (κ3) is 4.52. The van der Waals surface area contributed by atoms with E-state index in [0.717, 1.165) is 10.5 Å². The molecule has 2 rings (SSSR count). The van der Waals surface area contributed by atoms with Crippen LogP contribution in [0.1, 0.15) is 12.0 Å². The van der Waals surface area contributed by atoms with Gasteiger partial charge in [0.2, 0.25) is 5.91 Å². The predicted molar refractivity (Wildman–Crippen MR) is 81.7 cm³/mol. The third-order valence-electron chi connectivity index (χ3n) is 3.37. The van der Waals surface area contributed by atoms with Gasteiger partial charge in [0.05, 0.1) is 17.3 Å². The number of hydrogen-bond acceptors (Lipinski definition) is 4. The number of carbonyl (C=O) groups is 1. The maximum absolute atomic E-state index is 11.8. The molecule has 110 valence electrons. The fourth-order valence-corrected chi connectivity index (χ4v) is 4.92. The molecule has 0 spiro atoms. The summed E-state index contributed by atoms with van der Waals surface area (Å²) in [6.45, 7) is 2.48. The fourth-order valence-electron chi connectivity index (χ4n) is 2.20. The minimum absolute atomic E-state index is 0.0393. The van der Waals surface area contributed by atoms with E-state index in [0.29, 0.717) is 18.7 Å². The van der Waals surface area contributed by atoms with Gasteiger partial charge >= 0.3 is 0 Å². The predicted octanol–water partition coefficient (Wildman–Crippen LogP) is 1.64. The maximum atomic E-state index is 11.8. The number of hydrogen-bond donors (Lipinski definition) is 1. The lowest BCUT2D eigenvalue weighted by atomic mass is 10.1. The van der Waals surface area contributed by atoms with Gasteiger partial charge in [-0.1, -0.05) is 18.2 Å². The molecule has 0 bridgehead atoms. The lowest BCUT2D eigenvalue weighted by Gasteiger charge is -2.10. The van der Waals surface area contributed by atoms with Gasteiger partial charge in [-0.25, -0.2) is 8.42 Å². The van der Waals surface area contributed by atoms with E-state index in [9.17, 15) is 13.2 Å². The third-order valence-corrected chi connectivity index (χ3v) is 6.38. The van der Waals surface area contributed by atoms with Crippen LogP contribution in [0.3, 0.4) is 0 Å². The SMILES string of the molecule is Cc1ccccc1SCC(=O)NCC1CCS(=O)(=O)C1. The standard InChI is InChI=1S/C14H19NO3S2/c1-11-4-2-3-5-13(11)19-9-14(16)15-8-12-6-7-20(17,18)10-12/h2-5,12H,6-10H2,1H3,(H,15,16). The summed E-state index contributed by atoms with van der Waals surface area (Å²) in [6.07, 6.45) is 0.660. The van der Waals surface area contributed by atoms with Crippen molar-refractivity contribution in [3.8, 4) is 0 Å². The second kappa shape index (κ2) is 6.63. The molecule has 1 aliphatic rings. The Balaban J connectivity index is 1.73. The molecule has 0 aliphatic carbocycles. The first-order valence-electron chi connectivity index (χ1n) is 6.62. The quantitative estimate of drug-likeness (QED) is 0.839. The van der Waals surface area contributed by atoms with E-state index in [-0.39, 0.29) is 23.3 Å². The lowest BCUT2D eigenvalue weighted by molar-refractivity contribution is -0.118. The molecule has 0 aromatic heterocycles. The second-order valence-electron chi connectivity index (χ2n) is 5.13. The number of aryl methyl sites for hydroxylation is 1. The van der Waals surface area contributed by atoms with Crippen molar-refractivity contribution in [1.82, 2.24) is 5.32 Å². The van der Waals surface area contributed by atoms with E-state index in [1.807, 2.05) is 31.2 Å². The van der Waals surface area contributed by atoms with E-state index < -0.39 is 9.84 Å². The van der Waals surface area contributed by atoms with Gasteiger partial charge in [0, 0.05) is 11.4 Å². The Hall–Kier alpha value is -1.01. The topological polar surface area (TPSA) is 63.2 Å². The number of carbonyl (C=O) groups excluding carboxylic acids is 1. The Bertz CT molecular complexity index is 584. The number of rotatable bonds is 5. The van der Waals surface area contributed by atoms with Gasteiger partial charge in [-0.2, -0.15) is 0 Å². The fraction of sp³-hybridized carbons (Fsp3) is 0.500. The Labute approximate surface area is 124 Å². The number of sulfone groups is 1. The number of thioether (sulfide) groups is 1. The minimum atomic E-state index is -2.86. The highest BCUT2D eigenvalue weighted by Crippen LogP contribution is 2.21. The second-order valence-corrected chi connectivity index (χ2v) is 8.37. The van der Waals surface area contributed by atoms with Gasteiger partial charge in [0.15, 0.2) is 9.84 Å². The van der Waals surface area contributed by atoms with Crippen molar-refractivity contribution >= 4 is 27.5 Å². The van der Waals surface area contributed by atoms with Gasteiger partial charge in [-0.15, -0.1) is 11.8 Å². The van der Waals surface area contributed by atoms with Gasteiger partial charge in [0.25, 0.3) is 0 Å². The van der Waals surface area contributed by atoms with Crippen molar-refractivity contribution < 1.29 is 13.2 Å². The van der Waals surface area contributed by atoms with Gasteiger partial charge in [0.1, 0.15) is 0 Å². The number of amides is 1. The number of benzene rings is 1. The molecule has 4 nitrogen and oxygen atoms in total. The van der Waals surface area contributed by atoms with Crippen LogP contribution in [-0.2, 0) is 14.6 Å². The van der Waals surface area contributed by atoms with Crippen LogP contribution >= 0.6 is 11.8 Å². The zero-order valence-electron chi connectivity index (χ0n) is 11.5. The van der Waals surface area contributed by atoms with Crippen LogP contribution in [0.5, 0.6) is 0 Å². The van der Waals surface area contributed by atoms with Crippen molar-refractivity contribution in [2.75, 3.05) is 23.8 Å². The molecule has 1 amide bonds. The van der Waals surface area contributed by atoms with Crippen LogP contribution in [0.15, 0.2) is 29.2 Å². The Kier molecular flexibility index (Phi) is 5.10. The zero-order chi connectivity index (χ0) is 14.6. The summed E-state index contributed by atoms with van der Waals surface area (Å²) in [5, 5.41) is 2.83. The first-order valence-corrected chi connectivity index (χ1v) is 9.42. The Morgan fingerprint density at radius 1 is 1.40 bits per heavy atom. The summed E-state index contributed by atoms with van der Waals surface area (Å²) >= 11 is 1.51. The molecule has 1 aromatic rings. The number of nitrogens with one attached hydrogen (secondary N) is 1. The monoisotopic (exact) mass is 313 g/mol. The van der Waals surface area contributed by atoms with Crippen LogP contribution in [0.4, 0.5) is 0 Å². The van der Waals surface area contributed by atoms with E-state index >= 15 is 0 Å². The summed E-state index contributed by atoms with van der Waals surface area (Å²) < 4.78 is 22.6. The molecular weight excluding hydrogens is 294 g/mol. The van der Waals surface area contributed by atoms with Gasteiger partial charge in [-0.3, -0.25) is 4.79 Å². The van der Waals surface area contributed by atoms with E-state index in [1.165, 1.54) is 11.8 Å². The Morgan fingerprint density at radius 2 is 2.15 bits per heavy atom. The molecule has 6 heteroatoms. The molecule has 1 atom stereocenters. The molecule has 0 radical (unpaired) electrons. The average Bonchev–Trinajstić information content (AvgIpc) is 2.75. The van der Waals surface area contributed by atoms with E-state index in [1.54, 1.807) is 0 Å². The van der Waals surface area contributed by atoms with Gasteiger partial charge in [-0.05, 0) is 30.9 Å². The van der Waals surface area contributed by atoms with Crippen molar-refractivity contribution in [2.24, 2.45) is 5.92 Å². The smallest absolute Gasteiger partial charge is 0.230 e. The van der Waals surface area contributed by atoms with Crippen LogP contribution in [-0.4, -0.2) is 38.1 Å². The van der Waals surface area contributed by atoms with Crippen molar-refractivity contribution in [2.45, 2.75) is 18.2 Å². The summed E-state index contributed by atoms with van der Waals surface area (Å²) in [7, 11) is -2.86. The molecular formula is C14H19NO3S2. The Morgan fingerprint density at radius 3 is 2.80 bits per heavy atom. The highest BCUT2D eigenvalue weighted by Gasteiger charge is 2.27. The van der Waals surface area contributed by atoms with E-state index in [4.69, 9.17) is 0 Å². The molecule has 1 aliphatic heterocycles. The zero-order valence-corrected chi connectivity index (χ0v) is 13.1. The highest BCUT2D eigenvalue weighted by atomic mass is 32.2. The summed E-state index contributed by atoms with van der Waals surface area (Å²) in [5.74, 6) is 0.864. The van der Waals surface area contributed by atoms with Crippen molar-refractivity contribution in [3.63, 3.8) is 0 Å². The molecule has 1 saturated heterocycles. The van der Waals surface area contributed by atoms with Crippen LogP contribution in [0, 0.1) is 12.8 Å². The van der Waals surface area contributed by atoms with Gasteiger partial charge < -0.3 is 5.32 Å². The highest BCUT2D eigenvalue weighted by molar-refractivity contribution is 8.00. The van der Waals surface area contributed by atoms with Crippen molar-refractivity contribution in [3.05, 3.63) is 29.8 Å². The maximum Gasteiger partial charge on any atom is 0.230 e. The van der Waals surface area contributed by atoms with Crippen LogP contribution in [0.25, 0.3) is 0 Å². The molecule has 1 heterocycles. The lowest BCUT2D eigenvalue weighted by Crippen LogP contribution is -2.31. The molecule has 1 aromatic carbocycles. The van der Waals surface area contributed by atoms with E-state index in [2.05, 4.69) is 5.32 Å². The van der Waals surface area contributed by atoms with Crippen LogP contribution in [0.2, 0.25) is 0 Å². The summed E-state index contributed by atoms with van der Waals surface area (Å²) in [4.78, 5) is 12.9. The first-order chi connectivity index (χ1) is 9.46. The molecule has 1 unspecified atom stereocenters. The van der Waals surface area contributed by atoms with Crippen molar-refractivity contribution in [1.29, 1.82) is 0 Å². The normalized spacial score (nSPS) is 20.8. The average molecular weight is 313 g/mol. The summed E-state index contributed by atoms with van der Waals surface area (Å²) in [6, 6.07) is 7.94. The molecule has 20 heavy (non-hydrogen) atoms. The summed E-state index contributed by atoms with van der Waals surface area (Å²) in [5.41, 5.74) is 1.16. The van der Waals surface area contributed by atoms with Crippen LogP contribution < -0.4 is 5.32 Å². The first kappa shape index (κ1) is 15.4.